The van der Waals surface area contributed by atoms with Gasteiger partial charge in [-0.1, -0.05) is 31.9 Å². The zero-order chi connectivity index (χ0) is 15.5. The number of carbonyl (C=O) groups excluding carboxylic acids is 1. The highest BCUT2D eigenvalue weighted by atomic mass is 19.4. The molecule has 2 atom stereocenters. The average Bonchev–Trinajstić information content (AvgIpc) is 2.37. The molecule has 1 aromatic rings. The Bertz CT molecular complexity index is 502. The highest BCUT2D eigenvalue weighted by molar-refractivity contribution is 5.90. The molecule has 0 saturated heterocycles. The van der Waals surface area contributed by atoms with Gasteiger partial charge in [-0.05, 0) is 30.9 Å². The van der Waals surface area contributed by atoms with Gasteiger partial charge in [0.05, 0.1) is 11.3 Å². The molecular formula is C15H19F3N2O. The van der Waals surface area contributed by atoms with Crippen LogP contribution in [0.5, 0.6) is 0 Å². The van der Waals surface area contributed by atoms with Crippen LogP contribution in [-0.2, 0) is 6.18 Å². The van der Waals surface area contributed by atoms with Crippen molar-refractivity contribution >= 4 is 11.7 Å². The molecule has 0 bridgehead atoms. The van der Waals surface area contributed by atoms with Crippen LogP contribution in [0.25, 0.3) is 0 Å². The Morgan fingerprint density at radius 3 is 2.62 bits per heavy atom. The topological polar surface area (TPSA) is 41.1 Å². The highest BCUT2D eigenvalue weighted by Crippen LogP contribution is 2.34. The highest BCUT2D eigenvalue weighted by Gasteiger charge is 2.33. The Hall–Kier alpha value is -1.72. The van der Waals surface area contributed by atoms with Crippen LogP contribution in [-0.4, -0.2) is 12.1 Å². The van der Waals surface area contributed by atoms with Gasteiger partial charge in [0.15, 0.2) is 0 Å². The Kier molecular flexibility index (Phi) is 4.75. The first-order chi connectivity index (χ1) is 9.86. The molecule has 116 valence electrons. The van der Waals surface area contributed by atoms with E-state index in [2.05, 4.69) is 17.6 Å². The number of carbonyl (C=O) groups is 1. The van der Waals surface area contributed by atoms with Gasteiger partial charge >= 0.3 is 12.2 Å². The number of nitrogens with one attached hydrogen (secondary N) is 2. The first-order valence-electron chi connectivity index (χ1n) is 7.10. The van der Waals surface area contributed by atoms with Crippen molar-refractivity contribution in [2.75, 3.05) is 5.32 Å². The lowest BCUT2D eigenvalue weighted by Gasteiger charge is -2.27. The summed E-state index contributed by atoms with van der Waals surface area (Å²) in [6.45, 7) is 2.12. The maximum atomic E-state index is 12.8. The van der Waals surface area contributed by atoms with Crippen LogP contribution < -0.4 is 10.6 Å². The normalized spacial score (nSPS) is 22.7. The summed E-state index contributed by atoms with van der Waals surface area (Å²) in [5.41, 5.74) is -1.05. The standard InChI is InChI=1S/C15H19F3N2O/c1-10-5-4-6-11(9-10)19-14(21)20-13-8-3-2-7-12(13)15(16,17)18/h2-3,7-8,10-11H,4-6,9H2,1H3,(H2,19,20,21)/t10-,11-/m0/s1. The van der Waals surface area contributed by atoms with E-state index >= 15 is 0 Å². The number of rotatable bonds is 2. The molecule has 1 aliphatic rings. The summed E-state index contributed by atoms with van der Waals surface area (Å²) < 4.78 is 38.5. The van der Waals surface area contributed by atoms with Gasteiger partial charge < -0.3 is 10.6 Å². The van der Waals surface area contributed by atoms with E-state index in [-0.39, 0.29) is 11.7 Å². The molecule has 0 aromatic heterocycles. The molecule has 1 fully saturated rings. The van der Waals surface area contributed by atoms with Gasteiger partial charge in [0.1, 0.15) is 0 Å². The van der Waals surface area contributed by atoms with Gasteiger partial charge in [0.25, 0.3) is 0 Å². The molecule has 0 radical (unpaired) electrons. The van der Waals surface area contributed by atoms with Crippen molar-refractivity contribution in [3.05, 3.63) is 29.8 Å². The second-order valence-corrected chi connectivity index (χ2v) is 5.61. The van der Waals surface area contributed by atoms with Crippen molar-refractivity contribution in [1.82, 2.24) is 5.32 Å². The SMILES string of the molecule is C[C@H]1CCC[C@H](NC(=O)Nc2ccccc2C(F)(F)F)C1. The number of alkyl halides is 3. The van der Waals surface area contributed by atoms with E-state index in [9.17, 15) is 18.0 Å². The number of hydrogen-bond acceptors (Lipinski definition) is 1. The third-order valence-electron chi connectivity index (χ3n) is 3.75. The zero-order valence-electron chi connectivity index (χ0n) is 11.8. The van der Waals surface area contributed by atoms with Crippen LogP contribution in [0.4, 0.5) is 23.7 Å². The summed E-state index contributed by atoms with van der Waals surface area (Å²) in [6.07, 6.45) is -0.571. The molecule has 0 spiro atoms. The van der Waals surface area contributed by atoms with Gasteiger partial charge in [-0.2, -0.15) is 13.2 Å². The molecule has 0 aliphatic heterocycles. The molecule has 2 amide bonds. The van der Waals surface area contributed by atoms with Crippen LogP contribution in [0.1, 0.15) is 38.2 Å². The fourth-order valence-electron chi connectivity index (χ4n) is 2.75. The minimum atomic E-state index is -4.48. The van der Waals surface area contributed by atoms with Crippen LogP contribution in [0.3, 0.4) is 0 Å². The Balaban J connectivity index is 2.00. The van der Waals surface area contributed by atoms with Gasteiger partial charge in [0, 0.05) is 6.04 Å². The molecule has 1 saturated carbocycles. The Labute approximate surface area is 121 Å². The molecule has 0 unspecified atom stereocenters. The van der Waals surface area contributed by atoms with Crippen LogP contribution in [0.15, 0.2) is 24.3 Å². The number of anilines is 1. The summed E-state index contributed by atoms with van der Waals surface area (Å²) in [5, 5.41) is 5.07. The van der Waals surface area contributed by atoms with E-state index in [0.717, 1.165) is 31.7 Å². The fourth-order valence-corrected chi connectivity index (χ4v) is 2.75. The van der Waals surface area contributed by atoms with Crippen LogP contribution in [0.2, 0.25) is 0 Å². The first kappa shape index (κ1) is 15.7. The summed E-state index contributed by atoms with van der Waals surface area (Å²) in [6, 6.07) is 4.43. The minimum absolute atomic E-state index is 0.0341. The molecule has 0 heterocycles. The van der Waals surface area contributed by atoms with Crippen LogP contribution in [0, 0.1) is 5.92 Å². The maximum absolute atomic E-state index is 12.8. The number of hydrogen-bond donors (Lipinski definition) is 2. The predicted molar refractivity (Wildman–Crippen MR) is 75.0 cm³/mol. The molecule has 3 nitrogen and oxygen atoms in total. The van der Waals surface area contributed by atoms with Gasteiger partial charge in [-0.3, -0.25) is 0 Å². The summed E-state index contributed by atoms with van der Waals surface area (Å²) >= 11 is 0. The first-order valence-corrected chi connectivity index (χ1v) is 7.10. The molecule has 1 aromatic carbocycles. The Morgan fingerprint density at radius 1 is 1.24 bits per heavy atom. The molecule has 1 aliphatic carbocycles. The zero-order valence-corrected chi connectivity index (χ0v) is 11.8. The molecule has 6 heteroatoms. The average molecular weight is 300 g/mol. The molecule has 2 rings (SSSR count). The van der Waals surface area contributed by atoms with Crippen molar-refractivity contribution in [2.45, 2.75) is 44.8 Å². The number of halogens is 3. The minimum Gasteiger partial charge on any atom is -0.335 e. The lowest BCUT2D eigenvalue weighted by Crippen LogP contribution is -2.40. The fraction of sp³-hybridized carbons (Fsp3) is 0.533. The van der Waals surface area contributed by atoms with Crippen molar-refractivity contribution in [3.8, 4) is 0 Å². The Morgan fingerprint density at radius 2 is 1.95 bits per heavy atom. The van der Waals surface area contributed by atoms with Crippen molar-refractivity contribution in [1.29, 1.82) is 0 Å². The predicted octanol–water partition coefficient (Wildman–Crippen LogP) is 4.41. The summed E-state index contributed by atoms with van der Waals surface area (Å²) in [7, 11) is 0. The second kappa shape index (κ2) is 6.37. The van der Waals surface area contributed by atoms with E-state index < -0.39 is 17.8 Å². The molecule has 2 N–H and O–H groups in total. The smallest absolute Gasteiger partial charge is 0.335 e. The number of amides is 2. The monoisotopic (exact) mass is 300 g/mol. The van der Waals surface area contributed by atoms with Crippen molar-refractivity contribution < 1.29 is 18.0 Å². The van der Waals surface area contributed by atoms with Crippen molar-refractivity contribution in [2.24, 2.45) is 5.92 Å². The lowest BCUT2D eigenvalue weighted by atomic mass is 9.87. The van der Waals surface area contributed by atoms with E-state index in [4.69, 9.17) is 0 Å². The lowest BCUT2D eigenvalue weighted by molar-refractivity contribution is -0.136. The maximum Gasteiger partial charge on any atom is 0.418 e. The third kappa shape index (κ3) is 4.37. The largest absolute Gasteiger partial charge is 0.418 e. The van der Waals surface area contributed by atoms with E-state index in [1.807, 2.05) is 0 Å². The quantitative estimate of drug-likeness (QED) is 0.834. The van der Waals surface area contributed by atoms with Crippen molar-refractivity contribution in [3.63, 3.8) is 0 Å². The van der Waals surface area contributed by atoms with Gasteiger partial charge in [-0.15, -0.1) is 0 Å². The summed E-state index contributed by atoms with van der Waals surface area (Å²) in [4.78, 5) is 11.9. The number of para-hydroxylation sites is 1. The van der Waals surface area contributed by atoms with E-state index in [1.54, 1.807) is 0 Å². The molecule has 21 heavy (non-hydrogen) atoms. The van der Waals surface area contributed by atoms with E-state index in [0.29, 0.717) is 5.92 Å². The summed E-state index contributed by atoms with van der Waals surface area (Å²) in [5.74, 6) is 0.534. The third-order valence-corrected chi connectivity index (χ3v) is 3.75. The number of benzene rings is 1. The van der Waals surface area contributed by atoms with E-state index in [1.165, 1.54) is 18.2 Å². The van der Waals surface area contributed by atoms with Gasteiger partial charge in [0.2, 0.25) is 0 Å². The molecular weight excluding hydrogens is 281 g/mol. The number of urea groups is 1. The van der Waals surface area contributed by atoms with Crippen LogP contribution >= 0.6 is 0 Å². The van der Waals surface area contributed by atoms with Gasteiger partial charge in [-0.25, -0.2) is 4.79 Å². The second-order valence-electron chi connectivity index (χ2n) is 5.61.